The smallest absolute Gasteiger partial charge is 0.220 e. The van der Waals surface area contributed by atoms with E-state index in [0.29, 0.717) is 18.8 Å². The number of rotatable bonds is 6. The zero-order chi connectivity index (χ0) is 18.0. The minimum atomic E-state index is -0.245. The van der Waals surface area contributed by atoms with Gasteiger partial charge < -0.3 is 5.32 Å². The number of aromatic nitrogens is 2. The van der Waals surface area contributed by atoms with E-state index in [2.05, 4.69) is 10.4 Å². The van der Waals surface area contributed by atoms with E-state index in [1.807, 2.05) is 25.6 Å². The highest BCUT2D eigenvalue weighted by Crippen LogP contribution is 2.37. The van der Waals surface area contributed by atoms with Crippen molar-refractivity contribution in [3.63, 3.8) is 0 Å². The van der Waals surface area contributed by atoms with E-state index in [-0.39, 0.29) is 17.8 Å². The Labute approximate surface area is 148 Å². The number of hydrogen-bond acceptors (Lipinski definition) is 2. The van der Waals surface area contributed by atoms with Crippen molar-refractivity contribution in [1.82, 2.24) is 15.1 Å². The van der Waals surface area contributed by atoms with E-state index < -0.39 is 0 Å². The standard InChI is InChI=1S/C20H26FN3O/c1-13-18(14(2)24(3)23-13)11-12-19(25)22-20(15-5-4-6-15)16-7-9-17(21)10-8-16/h7-10,15,20H,4-6,11-12H2,1-3H3,(H,22,25)/t20-/m1/s1. The summed E-state index contributed by atoms with van der Waals surface area (Å²) in [6.07, 6.45) is 4.56. The molecule has 1 saturated carbocycles. The lowest BCUT2D eigenvalue weighted by Crippen LogP contribution is -2.36. The molecule has 4 nitrogen and oxygen atoms in total. The highest BCUT2D eigenvalue weighted by Gasteiger charge is 2.29. The van der Waals surface area contributed by atoms with Gasteiger partial charge in [0, 0.05) is 19.2 Å². The van der Waals surface area contributed by atoms with Crippen LogP contribution in [0.15, 0.2) is 24.3 Å². The van der Waals surface area contributed by atoms with Crippen LogP contribution in [0.25, 0.3) is 0 Å². The zero-order valence-electron chi connectivity index (χ0n) is 15.2. The molecule has 0 bridgehead atoms. The molecule has 5 heteroatoms. The van der Waals surface area contributed by atoms with Gasteiger partial charge >= 0.3 is 0 Å². The maximum Gasteiger partial charge on any atom is 0.220 e. The summed E-state index contributed by atoms with van der Waals surface area (Å²) >= 11 is 0. The van der Waals surface area contributed by atoms with Crippen molar-refractivity contribution >= 4 is 5.91 Å². The lowest BCUT2D eigenvalue weighted by atomic mass is 9.77. The van der Waals surface area contributed by atoms with Gasteiger partial charge in [0.25, 0.3) is 0 Å². The summed E-state index contributed by atoms with van der Waals surface area (Å²) in [4.78, 5) is 12.5. The van der Waals surface area contributed by atoms with Crippen LogP contribution in [0.4, 0.5) is 4.39 Å². The number of carbonyl (C=O) groups excluding carboxylic acids is 1. The second-order valence-electron chi connectivity index (χ2n) is 7.06. The normalized spacial score (nSPS) is 15.7. The molecule has 1 amide bonds. The Hall–Kier alpha value is -2.17. The zero-order valence-corrected chi connectivity index (χ0v) is 15.2. The number of halogens is 1. The van der Waals surface area contributed by atoms with Crippen LogP contribution < -0.4 is 5.32 Å². The van der Waals surface area contributed by atoms with Crippen molar-refractivity contribution < 1.29 is 9.18 Å². The van der Waals surface area contributed by atoms with E-state index in [1.54, 1.807) is 12.1 Å². The second-order valence-corrected chi connectivity index (χ2v) is 7.06. The van der Waals surface area contributed by atoms with Gasteiger partial charge in [0.15, 0.2) is 0 Å². The lowest BCUT2D eigenvalue weighted by Gasteiger charge is -2.34. The van der Waals surface area contributed by atoms with Crippen LogP contribution in [0.5, 0.6) is 0 Å². The Morgan fingerprint density at radius 1 is 1.32 bits per heavy atom. The van der Waals surface area contributed by atoms with Gasteiger partial charge in [-0.1, -0.05) is 18.6 Å². The average molecular weight is 343 g/mol. The molecule has 1 aromatic heterocycles. The predicted molar refractivity (Wildman–Crippen MR) is 95.6 cm³/mol. The lowest BCUT2D eigenvalue weighted by molar-refractivity contribution is -0.122. The molecule has 1 aliphatic carbocycles. The number of hydrogen-bond donors (Lipinski definition) is 1. The fraction of sp³-hybridized carbons (Fsp3) is 0.500. The Balaban J connectivity index is 1.65. The van der Waals surface area contributed by atoms with Gasteiger partial charge in [-0.25, -0.2) is 4.39 Å². The molecular formula is C20H26FN3O. The predicted octanol–water partition coefficient (Wildman–Crippen LogP) is 3.77. The van der Waals surface area contributed by atoms with Crippen LogP contribution in [-0.2, 0) is 18.3 Å². The molecule has 3 rings (SSSR count). The second kappa shape index (κ2) is 7.38. The molecule has 0 spiro atoms. The quantitative estimate of drug-likeness (QED) is 0.868. The first kappa shape index (κ1) is 17.6. The summed E-state index contributed by atoms with van der Waals surface area (Å²) in [6.45, 7) is 4.01. The van der Waals surface area contributed by atoms with Gasteiger partial charge in [0.05, 0.1) is 11.7 Å². The summed E-state index contributed by atoms with van der Waals surface area (Å²) in [5.74, 6) is 0.255. The Bertz CT molecular complexity index is 747. The first-order valence-electron chi connectivity index (χ1n) is 8.99. The number of nitrogens with zero attached hydrogens (tertiary/aromatic N) is 2. The molecule has 0 radical (unpaired) electrons. The third kappa shape index (κ3) is 3.91. The maximum atomic E-state index is 13.2. The van der Waals surface area contributed by atoms with Crippen LogP contribution in [0, 0.1) is 25.6 Å². The van der Waals surface area contributed by atoms with Crippen LogP contribution in [0.1, 0.15) is 54.2 Å². The van der Waals surface area contributed by atoms with Crippen LogP contribution in [0.2, 0.25) is 0 Å². The highest BCUT2D eigenvalue weighted by atomic mass is 19.1. The Morgan fingerprint density at radius 3 is 2.52 bits per heavy atom. The fourth-order valence-electron chi connectivity index (χ4n) is 3.58. The summed E-state index contributed by atoms with van der Waals surface area (Å²) < 4.78 is 15.1. The molecular weight excluding hydrogens is 317 g/mol. The van der Waals surface area contributed by atoms with Gasteiger partial charge in [-0.15, -0.1) is 0 Å². The van der Waals surface area contributed by atoms with E-state index >= 15 is 0 Å². The third-order valence-electron chi connectivity index (χ3n) is 5.43. The van der Waals surface area contributed by atoms with Crippen molar-refractivity contribution in [3.8, 4) is 0 Å². The van der Waals surface area contributed by atoms with Crippen LogP contribution >= 0.6 is 0 Å². The first-order valence-corrected chi connectivity index (χ1v) is 8.99. The number of aryl methyl sites for hydroxylation is 2. The largest absolute Gasteiger partial charge is 0.349 e. The van der Waals surface area contributed by atoms with Gasteiger partial charge in [-0.3, -0.25) is 9.48 Å². The van der Waals surface area contributed by atoms with Crippen LogP contribution in [0.3, 0.4) is 0 Å². The van der Waals surface area contributed by atoms with Crippen LogP contribution in [-0.4, -0.2) is 15.7 Å². The maximum absolute atomic E-state index is 13.2. The summed E-state index contributed by atoms with van der Waals surface area (Å²) in [6, 6.07) is 6.49. The topological polar surface area (TPSA) is 46.9 Å². The van der Waals surface area contributed by atoms with Crippen molar-refractivity contribution in [2.75, 3.05) is 0 Å². The molecule has 2 aromatic rings. The molecule has 1 aromatic carbocycles. The molecule has 25 heavy (non-hydrogen) atoms. The molecule has 1 heterocycles. The van der Waals surface area contributed by atoms with Gasteiger partial charge in [0.2, 0.25) is 5.91 Å². The molecule has 1 aliphatic rings. The first-order chi connectivity index (χ1) is 12.0. The molecule has 0 aliphatic heterocycles. The molecule has 0 saturated heterocycles. The van der Waals surface area contributed by atoms with E-state index in [4.69, 9.17) is 0 Å². The number of carbonyl (C=O) groups is 1. The van der Waals surface area contributed by atoms with Crippen molar-refractivity contribution in [2.24, 2.45) is 13.0 Å². The molecule has 134 valence electrons. The Morgan fingerprint density at radius 2 is 2.00 bits per heavy atom. The highest BCUT2D eigenvalue weighted by molar-refractivity contribution is 5.76. The van der Waals surface area contributed by atoms with Gasteiger partial charge in [-0.05, 0) is 62.3 Å². The van der Waals surface area contributed by atoms with E-state index in [1.165, 1.54) is 18.6 Å². The van der Waals surface area contributed by atoms with Crippen molar-refractivity contribution in [1.29, 1.82) is 0 Å². The molecule has 1 fully saturated rings. The number of amides is 1. The summed E-state index contributed by atoms with van der Waals surface area (Å²) in [7, 11) is 1.92. The monoisotopic (exact) mass is 343 g/mol. The average Bonchev–Trinajstić information content (AvgIpc) is 2.76. The Kier molecular flexibility index (Phi) is 5.21. The fourth-order valence-corrected chi connectivity index (χ4v) is 3.58. The van der Waals surface area contributed by atoms with Crippen molar-refractivity contribution in [3.05, 3.63) is 52.6 Å². The third-order valence-corrected chi connectivity index (χ3v) is 5.43. The molecule has 1 N–H and O–H groups in total. The number of nitrogens with one attached hydrogen (secondary N) is 1. The van der Waals surface area contributed by atoms with E-state index in [0.717, 1.165) is 35.4 Å². The van der Waals surface area contributed by atoms with Crippen molar-refractivity contribution in [2.45, 2.75) is 52.0 Å². The van der Waals surface area contributed by atoms with Gasteiger partial charge in [-0.2, -0.15) is 5.10 Å². The SMILES string of the molecule is Cc1nn(C)c(C)c1CCC(=O)N[C@@H](c1ccc(F)cc1)C1CCC1. The summed E-state index contributed by atoms with van der Waals surface area (Å²) in [5, 5.41) is 7.59. The summed E-state index contributed by atoms with van der Waals surface area (Å²) in [5.41, 5.74) is 4.24. The van der Waals surface area contributed by atoms with Gasteiger partial charge in [0.1, 0.15) is 5.82 Å². The minimum Gasteiger partial charge on any atom is -0.349 e. The molecule has 1 atom stereocenters. The minimum absolute atomic E-state index is 0.0158. The molecule has 0 unspecified atom stereocenters. The number of benzene rings is 1. The van der Waals surface area contributed by atoms with E-state index in [9.17, 15) is 9.18 Å².